The van der Waals surface area contributed by atoms with Crippen LogP contribution in [0, 0.1) is 0 Å². The molecule has 1 aliphatic rings. The highest BCUT2D eigenvalue weighted by atomic mass is 16.2. The number of aromatic nitrogens is 1. The summed E-state index contributed by atoms with van der Waals surface area (Å²) in [5.41, 5.74) is 2.73. The van der Waals surface area contributed by atoms with Gasteiger partial charge >= 0.3 is 0 Å². The number of pyridine rings is 1. The molecule has 6 nitrogen and oxygen atoms in total. The highest BCUT2D eigenvalue weighted by Gasteiger charge is 2.20. The van der Waals surface area contributed by atoms with Gasteiger partial charge in [-0.05, 0) is 49.8 Å². The van der Waals surface area contributed by atoms with Gasteiger partial charge in [-0.1, -0.05) is 18.2 Å². The summed E-state index contributed by atoms with van der Waals surface area (Å²) in [5, 5.41) is 0. The molecule has 0 spiro atoms. The summed E-state index contributed by atoms with van der Waals surface area (Å²) in [6.45, 7) is 3.41. The summed E-state index contributed by atoms with van der Waals surface area (Å²) in [6.07, 6.45) is 5.11. The molecule has 0 radical (unpaired) electrons. The van der Waals surface area contributed by atoms with Gasteiger partial charge in [0, 0.05) is 57.1 Å². The molecule has 3 rings (SSSR count). The lowest BCUT2D eigenvalue weighted by molar-refractivity contribution is -0.128. The SMILES string of the molecule is CN(C)CCN(Cc1cccnc1)C(=O)c1ccc(CN2CCCC2=O)cc1. The summed E-state index contributed by atoms with van der Waals surface area (Å²) in [5.74, 6) is 0.223. The molecule has 0 atom stereocenters. The lowest BCUT2D eigenvalue weighted by atomic mass is 10.1. The molecule has 148 valence electrons. The van der Waals surface area contributed by atoms with E-state index in [9.17, 15) is 9.59 Å². The highest BCUT2D eigenvalue weighted by Crippen LogP contribution is 2.16. The Morgan fingerprint density at radius 1 is 1.11 bits per heavy atom. The minimum atomic E-state index is 0.00880. The number of hydrogen-bond donors (Lipinski definition) is 0. The van der Waals surface area contributed by atoms with Crippen LogP contribution < -0.4 is 0 Å². The number of likely N-dealkylation sites (tertiary alicyclic amines) is 1. The lowest BCUT2D eigenvalue weighted by Crippen LogP contribution is -2.36. The zero-order valence-electron chi connectivity index (χ0n) is 16.7. The van der Waals surface area contributed by atoms with Crippen molar-refractivity contribution in [1.29, 1.82) is 0 Å². The number of likely N-dealkylation sites (N-methyl/N-ethyl adjacent to an activating group) is 1. The van der Waals surface area contributed by atoms with Crippen molar-refractivity contribution in [1.82, 2.24) is 19.7 Å². The maximum Gasteiger partial charge on any atom is 0.254 e. The van der Waals surface area contributed by atoms with Crippen LogP contribution in [-0.4, -0.2) is 65.2 Å². The summed E-state index contributed by atoms with van der Waals surface area (Å²) < 4.78 is 0. The number of amides is 2. The van der Waals surface area contributed by atoms with E-state index in [2.05, 4.69) is 9.88 Å². The maximum atomic E-state index is 13.1. The summed E-state index contributed by atoms with van der Waals surface area (Å²) in [6, 6.07) is 11.5. The van der Waals surface area contributed by atoms with Crippen molar-refractivity contribution >= 4 is 11.8 Å². The fraction of sp³-hybridized carbons (Fsp3) is 0.409. The molecular formula is C22H28N4O2. The molecule has 1 aromatic heterocycles. The van der Waals surface area contributed by atoms with E-state index in [1.54, 1.807) is 12.4 Å². The average Bonchev–Trinajstić information content (AvgIpc) is 3.10. The van der Waals surface area contributed by atoms with E-state index < -0.39 is 0 Å². The molecule has 0 aliphatic carbocycles. The quantitative estimate of drug-likeness (QED) is 0.706. The highest BCUT2D eigenvalue weighted by molar-refractivity contribution is 5.94. The number of rotatable bonds is 8. The Hall–Kier alpha value is -2.73. The Bertz CT molecular complexity index is 790. The summed E-state index contributed by atoms with van der Waals surface area (Å²) in [4.78, 5) is 34.8. The second-order valence-corrected chi connectivity index (χ2v) is 7.51. The molecule has 1 saturated heterocycles. The van der Waals surface area contributed by atoms with Crippen molar-refractivity contribution in [2.75, 3.05) is 33.7 Å². The number of hydrogen-bond acceptors (Lipinski definition) is 4. The monoisotopic (exact) mass is 380 g/mol. The Balaban J connectivity index is 1.69. The van der Waals surface area contributed by atoms with Gasteiger partial charge in [-0.3, -0.25) is 14.6 Å². The number of carbonyl (C=O) groups is 2. The van der Waals surface area contributed by atoms with Crippen LogP contribution >= 0.6 is 0 Å². The van der Waals surface area contributed by atoms with E-state index >= 15 is 0 Å². The fourth-order valence-electron chi connectivity index (χ4n) is 3.31. The van der Waals surface area contributed by atoms with Crippen molar-refractivity contribution in [3.05, 3.63) is 65.5 Å². The zero-order chi connectivity index (χ0) is 19.9. The van der Waals surface area contributed by atoms with Crippen LogP contribution in [-0.2, 0) is 17.9 Å². The molecule has 28 heavy (non-hydrogen) atoms. The Morgan fingerprint density at radius 3 is 2.50 bits per heavy atom. The molecule has 1 fully saturated rings. The molecular weight excluding hydrogens is 352 g/mol. The second-order valence-electron chi connectivity index (χ2n) is 7.51. The Labute approximate surface area is 166 Å². The summed E-state index contributed by atoms with van der Waals surface area (Å²) in [7, 11) is 4.00. The van der Waals surface area contributed by atoms with Crippen LogP contribution in [0.15, 0.2) is 48.8 Å². The Morgan fingerprint density at radius 2 is 1.89 bits per heavy atom. The number of carbonyl (C=O) groups excluding carboxylic acids is 2. The van der Waals surface area contributed by atoms with E-state index in [0.29, 0.717) is 31.6 Å². The normalized spacial score (nSPS) is 14.0. The van der Waals surface area contributed by atoms with Crippen molar-refractivity contribution in [3.63, 3.8) is 0 Å². The van der Waals surface area contributed by atoms with Crippen LogP contribution in [0.3, 0.4) is 0 Å². The minimum Gasteiger partial charge on any atom is -0.338 e. The average molecular weight is 380 g/mol. The second kappa shape index (κ2) is 9.46. The molecule has 2 heterocycles. The first kappa shape index (κ1) is 20.0. The molecule has 2 amide bonds. The van der Waals surface area contributed by atoms with Gasteiger partial charge in [-0.25, -0.2) is 0 Å². The number of nitrogens with zero attached hydrogens (tertiary/aromatic N) is 4. The third kappa shape index (κ3) is 5.39. The largest absolute Gasteiger partial charge is 0.338 e. The van der Waals surface area contributed by atoms with E-state index in [1.165, 1.54) is 0 Å². The topological polar surface area (TPSA) is 56.8 Å². The maximum absolute atomic E-state index is 13.1. The van der Waals surface area contributed by atoms with Gasteiger partial charge in [0.25, 0.3) is 5.91 Å². The Kier molecular flexibility index (Phi) is 6.76. The predicted molar refractivity (Wildman–Crippen MR) is 109 cm³/mol. The van der Waals surface area contributed by atoms with Gasteiger partial charge in [0.1, 0.15) is 0 Å². The number of benzene rings is 1. The van der Waals surface area contributed by atoms with Crippen LogP contribution in [0.1, 0.15) is 34.3 Å². The van der Waals surface area contributed by atoms with Crippen molar-refractivity contribution in [3.8, 4) is 0 Å². The van der Waals surface area contributed by atoms with Crippen LogP contribution in [0.4, 0.5) is 0 Å². The van der Waals surface area contributed by atoms with Gasteiger partial charge in [-0.2, -0.15) is 0 Å². The van der Waals surface area contributed by atoms with E-state index in [1.807, 2.05) is 60.3 Å². The first-order chi connectivity index (χ1) is 13.5. The predicted octanol–water partition coefficient (Wildman–Crippen LogP) is 2.41. The van der Waals surface area contributed by atoms with Crippen molar-refractivity contribution in [2.24, 2.45) is 0 Å². The summed E-state index contributed by atoms with van der Waals surface area (Å²) >= 11 is 0. The third-order valence-electron chi connectivity index (χ3n) is 4.95. The van der Waals surface area contributed by atoms with Gasteiger partial charge in [-0.15, -0.1) is 0 Å². The molecule has 0 saturated carbocycles. The lowest BCUT2D eigenvalue weighted by Gasteiger charge is -2.25. The molecule has 1 aromatic carbocycles. The molecule has 2 aromatic rings. The third-order valence-corrected chi connectivity index (χ3v) is 4.95. The van der Waals surface area contributed by atoms with Crippen LogP contribution in [0.2, 0.25) is 0 Å². The first-order valence-corrected chi connectivity index (χ1v) is 9.72. The molecule has 6 heteroatoms. The van der Waals surface area contributed by atoms with E-state index in [4.69, 9.17) is 0 Å². The molecule has 1 aliphatic heterocycles. The fourth-order valence-corrected chi connectivity index (χ4v) is 3.31. The first-order valence-electron chi connectivity index (χ1n) is 9.72. The van der Waals surface area contributed by atoms with E-state index in [0.717, 1.165) is 30.6 Å². The van der Waals surface area contributed by atoms with Gasteiger partial charge < -0.3 is 14.7 Å². The molecule has 0 bridgehead atoms. The van der Waals surface area contributed by atoms with Crippen molar-refractivity contribution in [2.45, 2.75) is 25.9 Å². The van der Waals surface area contributed by atoms with Crippen LogP contribution in [0.25, 0.3) is 0 Å². The smallest absolute Gasteiger partial charge is 0.254 e. The van der Waals surface area contributed by atoms with Crippen LogP contribution in [0.5, 0.6) is 0 Å². The standard InChI is InChI=1S/C22H28N4O2/c1-24(2)13-14-26(17-19-5-3-11-23-15-19)22(28)20-9-7-18(8-10-20)16-25-12-4-6-21(25)27/h3,5,7-11,15H,4,6,12-14,16-17H2,1-2H3. The van der Waals surface area contributed by atoms with Gasteiger partial charge in [0.05, 0.1) is 0 Å². The minimum absolute atomic E-state index is 0.00880. The van der Waals surface area contributed by atoms with Gasteiger partial charge in [0.2, 0.25) is 5.91 Å². The van der Waals surface area contributed by atoms with Crippen molar-refractivity contribution < 1.29 is 9.59 Å². The molecule has 0 unspecified atom stereocenters. The molecule has 0 N–H and O–H groups in total. The van der Waals surface area contributed by atoms with Gasteiger partial charge in [0.15, 0.2) is 0 Å². The zero-order valence-corrected chi connectivity index (χ0v) is 16.7. The van der Waals surface area contributed by atoms with E-state index in [-0.39, 0.29) is 11.8 Å².